The zero-order chi connectivity index (χ0) is 10.1. The molecule has 0 aliphatic carbocycles. The van der Waals surface area contributed by atoms with E-state index in [1.165, 1.54) is 17.9 Å². The van der Waals surface area contributed by atoms with Crippen LogP contribution in [0.15, 0.2) is 11.5 Å². The van der Waals surface area contributed by atoms with Gasteiger partial charge in [0.25, 0.3) is 0 Å². The number of hydrogen-bond donors (Lipinski definition) is 1. The minimum absolute atomic E-state index is 0.146. The number of carbonyl (C=O) groups is 1. The van der Waals surface area contributed by atoms with Crippen LogP contribution in [0.3, 0.4) is 0 Å². The monoisotopic (exact) mass is 209 g/mol. The van der Waals surface area contributed by atoms with Crippen molar-refractivity contribution in [1.82, 2.24) is 14.8 Å². The molecule has 8 heteroatoms. The zero-order valence-electron chi connectivity index (χ0n) is 6.44. The van der Waals surface area contributed by atoms with E-state index in [2.05, 4.69) is 10.2 Å². The summed E-state index contributed by atoms with van der Waals surface area (Å²) in [5.41, 5.74) is 0. The van der Waals surface area contributed by atoms with Gasteiger partial charge < -0.3 is 9.67 Å². The predicted molar refractivity (Wildman–Crippen MR) is 39.4 cm³/mol. The molecule has 1 aromatic heterocycles. The first-order valence-electron chi connectivity index (χ1n) is 3.07. The van der Waals surface area contributed by atoms with Gasteiger partial charge in [0.05, 0.1) is 0 Å². The Morgan fingerprint density at radius 2 is 2.38 bits per heavy atom. The van der Waals surface area contributed by atoms with E-state index >= 15 is 0 Å². The summed E-state index contributed by atoms with van der Waals surface area (Å²) >= 11 is -0.156. The standard InChI is InChI=1S/C5H5F2N3O2S/c1-10-2-8-9-4(10)13-5(6,7)3(11)12/h2H,1H3,(H,11,12). The third-order valence-electron chi connectivity index (χ3n) is 1.14. The second-order valence-electron chi connectivity index (χ2n) is 2.15. The smallest absolute Gasteiger partial charge is 0.395 e. The molecule has 0 fully saturated rings. The number of hydrogen-bond acceptors (Lipinski definition) is 4. The second-order valence-corrected chi connectivity index (χ2v) is 3.23. The summed E-state index contributed by atoms with van der Waals surface area (Å²) < 4.78 is 26.4. The summed E-state index contributed by atoms with van der Waals surface area (Å²) in [7, 11) is 1.44. The van der Waals surface area contributed by atoms with E-state index in [9.17, 15) is 13.6 Å². The molecule has 1 rings (SSSR count). The number of carboxylic acid groups (broad SMARTS) is 1. The summed E-state index contributed by atoms with van der Waals surface area (Å²) in [4.78, 5) is 10.0. The van der Waals surface area contributed by atoms with Crippen molar-refractivity contribution in [3.63, 3.8) is 0 Å². The molecule has 0 spiro atoms. The maximum Gasteiger partial charge on any atom is 0.395 e. The molecule has 0 aromatic carbocycles. The van der Waals surface area contributed by atoms with Crippen molar-refractivity contribution in [3.8, 4) is 0 Å². The average molecular weight is 209 g/mol. The molecular formula is C5H5F2N3O2S. The number of nitrogens with zero attached hydrogens (tertiary/aromatic N) is 3. The normalized spacial score (nSPS) is 11.6. The van der Waals surface area contributed by atoms with E-state index in [4.69, 9.17) is 5.11 Å². The van der Waals surface area contributed by atoms with Gasteiger partial charge in [-0.25, -0.2) is 4.79 Å². The molecule has 0 unspecified atom stereocenters. The van der Waals surface area contributed by atoms with Crippen LogP contribution in [0.5, 0.6) is 0 Å². The molecule has 0 aliphatic rings. The fourth-order valence-electron chi connectivity index (χ4n) is 0.523. The van der Waals surface area contributed by atoms with Gasteiger partial charge in [-0.2, -0.15) is 8.78 Å². The van der Waals surface area contributed by atoms with Gasteiger partial charge in [0.2, 0.25) is 0 Å². The molecule has 1 heterocycles. The van der Waals surface area contributed by atoms with Crippen molar-refractivity contribution in [3.05, 3.63) is 6.33 Å². The predicted octanol–water partition coefficient (Wildman–Crippen LogP) is 0.585. The van der Waals surface area contributed by atoms with Crippen molar-refractivity contribution in [1.29, 1.82) is 0 Å². The van der Waals surface area contributed by atoms with Crippen molar-refractivity contribution in [2.75, 3.05) is 0 Å². The number of aliphatic carboxylic acids is 1. The van der Waals surface area contributed by atoms with Gasteiger partial charge in [-0.15, -0.1) is 10.2 Å². The number of halogens is 2. The Bertz CT molecular complexity index is 327. The van der Waals surface area contributed by atoms with Gasteiger partial charge in [-0.05, 0) is 0 Å². The lowest BCUT2D eigenvalue weighted by Crippen LogP contribution is -2.24. The topological polar surface area (TPSA) is 68.0 Å². The molecule has 1 aromatic rings. The minimum atomic E-state index is -3.87. The molecule has 1 N–H and O–H groups in total. The fourth-order valence-corrected chi connectivity index (χ4v) is 1.12. The fraction of sp³-hybridized carbons (Fsp3) is 0.400. The number of rotatable bonds is 3. The molecule has 0 aliphatic heterocycles. The molecular weight excluding hydrogens is 204 g/mol. The highest BCUT2D eigenvalue weighted by molar-refractivity contribution is 8.00. The maximum atomic E-state index is 12.6. The molecule has 0 bridgehead atoms. The number of aromatic nitrogens is 3. The first-order valence-corrected chi connectivity index (χ1v) is 3.89. The largest absolute Gasteiger partial charge is 0.476 e. The van der Waals surface area contributed by atoms with Gasteiger partial charge in [-0.3, -0.25) is 0 Å². The Morgan fingerprint density at radius 1 is 1.77 bits per heavy atom. The van der Waals surface area contributed by atoms with E-state index in [1.54, 1.807) is 0 Å². The van der Waals surface area contributed by atoms with Crippen molar-refractivity contribution < 1.29 is 18.7 Å². The molecule has 72 valence electrons. The Balaban J connectivity index is 2.80. The lowest BCUT2D eigenvalue weighted by molar-refractivity contribution is -0.152. The van der Waals surface area contributed by atoms with Crippen molar-refractivity contribution in [2.24, 2.45) is 7.05 Å². The SMILES string of the molecule is Cn1cnnc1SC(F)(F)C(=O)O. The average Bonchev–Trinajstić information content (AvgIpc) is 2.35. The highest BCUT2D eigenvalue weighted by atomic mass is 32.2. The molecule has 5 nitrogen and oxygen atoms in total. The van der Waals surface area contributed by atoms with Crippen LogP contribution in [0, 0.1) is 0 Å². The molecule has 13 heavy (non-hydrogen) atoms. The highest BCUT2D eigenvalue weighted by Gasteiger charge is 2.41. The Kier molecular flexibility index (Phi) is 2.50. The van der Waals surface area contributed by atoms with Crippen LogP contribution < -0.4 is 0 Å². The van der Waals surface area contributed by atoms with Crippen LogP contribution in [0.4, 0.5) is 8.78 Å². The molecule has 0 amide bonds. The number of thioether (sulfide) groups is 1. The van der Waals surface area contributed by atoms with Gasteiger partial charge in [-0.1, -0.05) is 0 Å². The van der Waals surface area contributed by atoms with Gasteiger partial charge >= 0.3 is 11.2 Å². The summed E-state index contributed by atoms with van der Waals surface area (Å²) in [5, 5.41) is 10.7. The first-order chi connectivity index (χ1) is 5.93. The third kappa shape index (κ3) is 2.14. The van der Waals surface area contributed by atoms with E-state index < -0.39 is 11.2 Å². The second kappa shape index (κ2) is 3.29. The number of alkyl halides is 2. The molecule has 0 saturated heterocycles. The van der Waals surface area contributed by atoms with E-state index in [1.807, 2.05) is 0 Å². The third-order valence-corrected chi connectivity index (χ3v) is 2.12. The number of aryl methyl sites for hydroxylation is 1. The van der Waals surface area contributed by atoms with Crippen molar-refractivity contribution in [2.45, 2.75) is 10.4 Å². The molecule has 0 radical (unpaired) electrons. The van der Waals surface area contributed by atoms with Crippen LogP contribution in [0.1, 0.15) is 0 Å². The maximum absolute atomic E-state index is 12.6. The summed E-state index contributed by atoms with van der Waals surface area (Å²) in [6, 6.07) is 0. The van der Waals surface area contributed by atoms with Gasteiger partial charge in [0.15, 0.2) is 5.16 Å². The van der Waals surface area contributed by atoms with Gasteiger partial charge in [0.1, 0.15) is 6.33 Å². The van der Waals surface area contributed by atoms with Crippen LogP contribution in [0.2, 0.25) is 0 Å². The highest BCUT2D eigenvalue weighted by Crippen LogP contribution is 2.34. The Hall–Kier alpha value is -1.18. The van der Waals surface area contributed by atoms with E-state index in [-0.39, 0.29) is 16.9 Å². The Morgan fingerprint density at radius 3 is 2.77 bits per heavy atom. The minimum Gasteiger partial charge on any atom is -0.476 e. The Labute approximate surface area is 75.8 Å². The lowest BCUT2D eigenvalue weighted by atomic mass is 10.7. The van der Waals surface area contributed by atoms with Crippen LogP contribution >= 0.6 is 11.8 Å². The van der Waals surface area contributed by atoms with E-state index in [0.29, 0.717) is 0 Å². The summed E-state index contributed by atoms with van der Waals surface area (Å²) in [5.74, 6) is -2.19. The first kappa shape index (κ1) is 9.90. The molecule has 0 saturated carbocycles. The van der Waals surface area contributed by atoms with Crippen LogP contribution in [0.25, 0.3) is 0 Å². The summed E-state index contributed by atoms with van der Waals surface area (Å²) in [6.07, 6.45) is 1.21. The van der Waals surface area contributed by atoms with Gasteiger partial charge in [0, 0.05) is 18.8 Å². The van der Waals surface area contributed by atoms with Crippen LogP contribution in [-0.2, 0) is 11.8 Å². The van der Waals surface area contributed by atoms with E-state index in [0.717, 1.165) is 0 Å². The molecule has 0 atom stereocenters. The van der Waals surface area contributed by atoms with Crippen LogP contribution in [-0.4, -0.2) is 31.1 Å². The zero-order valence-corrected chi connectivity index (χ0v) is 7.26. The van der Waals surface area contributed by atoms with Crippen molar-refractivity contribution >= 4 is 17.7 Å². The summed E-state index contributed by atoms with van der Waals surface area (Å²) in [6.45, 7) is 0. The number of carboxylic acids is 1. The lowest BCUT2D eigenvalue weighted by Gasteiger charge is -2.08. The quantitative estimate of drug-likeness (QED) is 0.737.